The number of nitrogens with zero attached hydrogens (tertiary/aromatic N) is 4. The Kier molecular flexibility index (Phi) is 7.91. The average Bonchev–Trinajstić information content (AvgIpc) is 3.34. The molecule has 0 saturated carbocycles. The van der Waals surface area contributed by atoms with E-state index in [0.29, 0.717) is 44.1 Å². The number of para-hydroxylation sites is 1. The van der Waals surface area contributed by atoms with Crippen LogP contribution in [0, 0.1) is 0 Å². The van der Waals surface area contributed by atoms with Crippen molar-refractivity contribution < 1.29 is 9.59 Å². The molecule has 0 atom stereocenters. The fraction of sp³-hybridized carbons (Fsp3) is 0.0333. The summed E-state index contributed by atoms with van der Waals surface area (Å²) in [4.78, 5) is 26.4. The number of nitrogens with one attached hydrogen (secondary N) is 1. The Balaban J connectivity index is 1.59. The summed E-state index contributed by atoms with van der Waals surface area (Å²) in [5.41, 5.74) is 3.69. The number of hydrogen-bond donors (Lipinski definition) is 1. The van der Waals surface area contributed by atoms with Gasteiger partial charge in [-0.2, -0.15) is 14.9 Å². The van der Waals surface area contributed by atoms with Gasteiger partial charge in [0, 0.05) is 16.1 Å². The molecule has 1 heterocycles. The number of benzene rings is 4. The molecule has 0 fully saturated rings. The van der Waals surface area contributed by atoms with Crippen LogP contribution in [0.5, 0.6) is 0 Å². The van der Waals surface area contributed by atoms with Crippen molar-refractivity contribution in [3.8, 4) is 22.5 Å². The van der Waals surface area contributed by atoms with Gasteiger partial charge in [0.15, 0.2) is 0 Å². The number of halogens is 2. The smallest absolute Gasteiger partial charge is 0.256 e. The van der Waals surface area contributed by atoms with Gasteiger partial charge in [-0.25, -0.2) is 0 Å². The number of amides is 1. The zero-order chi connectivity index (χ0) is 27.2. The molecule has 9 heteroatoms. The van der Waals surface area contributed by atoms with E-state index in [4.69, 9.17) is 23.2 Å². The third-order valence-corrected chi connectivity index (χ3v) is 6.32. The van der Waals surface area contributed by atoms with Gasteiger partial charge >= 0.3 is 0 Å². The average molecular weight is 554 g/mol. The van der Waals surface area contributed by atoms with Crippen molar-refractivity contribution in [1.29, 1.82) is 0 Å². The van der Waals surface area contributed by atoms with Gasteiger partial charge in [0.1, 0.15) is 23.5 Å². The van der Waals surface area contributed by atoms with E-state index in [0.717, 1.165) is 5.56 Å². The Morgan fingerprint density at radius 2 is 1.36 bits per heavy atom. The molecule has 0 spiro atoms. The number of carbonyl (C=O) groups excluding carboxylic acids is 2. The highest BCUT2D eigenvalue weighted by Gasteiger charge is 2.26. The SMILES string of the molecule is O=C(CC(=O)n1nc(-c2ccccc2)c(N=Nc2ccc(Cl)cc2)c1-c1ccccc1)Nc1ccccc1Cl. The van der Waals surface area contributed by atoms with Crippen LogP contribution in [0.4, 0.5) is 17.1 Å². The van der Waals surface area contributed by atoms with Gasteiger partial charge in [-0.1, -0.05) is 96.0 Å². The van der Waals surface area contributed by atoms with Gasteiger partial charge in [0.05, 0.1) is 16.4 Å². The monoisotopic (exact) mass is 553 g/mol. The van der Waals surface area contributed by atoms with Crippen LogP contribution in [0.3, 0.4) is 0 Å². The summed E-state index contributed by atoms with van der Waals surface area (Å²) < 4.78 is 1.22. The van der Waals surface area contributed by atoms with Crippen LogP contribution in [0.1, 0.15) is 11.2 Å². The second-order valence-electron chi connectivity index (χ2n) is 8.46. The maximum atomic E-state index is 13.6. The summed E-state index contributed by atoms with van der Waals surface area (Å²) in [6.07, 6.45) is -0.464. The molecule has 0 aliphatic carbocycles. The summed E-state index contributed by atoms with van der Waals surface area (Å²) in [7, 11) is 0. The van der Waals surface area contributed by atoms with Crippen LogP contribution in [0.2, 0.25) is 10.0 Å². The molecule has 39 heavy (non-hydrogen) atoms. The maximum Gasteiger partial charge on any atom is 0.256 e. The minimum absolute atomic E-state index is 0.374. The van der Waals surface area contributed by atoms with Gasteiger partial charge in [0.2, 0.25) is 5.91 Å². The molecule has 0 radical (unpaired) electrons. The van der Waals surface area contributed by atoms with Crippen molar-refractivity contribution in [2.75, 3.05) is 5.32 Å². The van der Waals surface area contributed by atoms with E-state index in [1.165, 1.54) is 4.68 Å². The first kappa shape index (κ1) is 26.0. The fourth-order valence-corrected chi connectivity index (χ4v) is 4.22. The van der Waals surface area contributed by atoms with Crippen LogP contribution in [-0.4, -0.2) is 21.6 Å². The molecule has 0 aliphatic heterocycles. The van der Waals surface area contributed by atoms with E-state index in [9.17, 15) is 9.59 Å². The number of hydrogen-bond acceptors (Lipinski definition) is 5. The molecule has 5 aromatic rings. The van der Waals surface area contributed by atoms with Crippen LogP contribution in [0.15, 0.2) is 119 Å². The minimum atomic E-state index is -0.538. The van der Waals surface area contributed by atoms with Gasteiger partial charge in [-0.05, 0) is 36.4 Å². The zero-order valence-electron chi connectivity index (χ0n) is 20.5. The van der Waals surface area contributed by atoms with Crippen molar-refractivity contribution >= 4 is 52.1 Å². The Morgan fingerprint density at radius 3 is 2.03 bits per heavy atom. The van der Waals surface area contributed by atoms with Crippen molar-refractivity contribution in [2.45, 2.75) is 6.42 Å². The first-order valence-corrected chi connectivity index (χ1v) is 12.7. The third kappa shape index (κ3) is 6.12. The molecule has 1 N–H and O–H groups in total. The summed E-state index contributed by atoms with van der Waals surface area (Å²) in [6.45, 7) is 0. The fourth-order valence-electron chi connectivity index (χ4n) is 3.92. The lowest BCUT2D eigenvalue weighted by Gasteiger charge is -2.09. The lowest BCUT2D eigenvalue weighted by molar-refractivity contribution is -0.115. The van der Waals surface area contributed by atoms with Gasteiger partial charge in [-0.15, -0.1) is 5.11 Å². The van der Waals surface area contributed by atoms with Crippen LogP contribution >= 0.6 is 23.2 Å². The minimum Gasteiger partial charge on any atom is -0.324 e. The summed E-state index contributed by atoms with van der Waals surface area (Å²) in [5.74, 6) is -1.06. The van der Waals surface area contributed by atoms with Gasteiger partial charge < -0.3 is 5.32 Å². The maximum absolute atomic E-state index is 13.6. The molecule has 1 aromatic heterocycles. The van der Waals surface area contributed by atoms with Crippen molar-refractivity contribution in [3.05, 3.63) is 119 Å². The highest BCUT2D eigenvalue weighted by Crippen LogP contribution is 2.40. The van der Waals surface area contributed by atoms with Crippen LogP contribution in [-0.2, 0) is 4.79 Å². The van der Waals surface area contributed by atoms with Gasteiger partial charge in [-0.3, -0.25) is 9.59 Å². The Hall–Kier alpha value is -4.59. The summed E-state index contributed by atoms with van der Waals surface area (Å²) >= 11 is 12.2. The molecular weight excluding hydrogens is 533 g/mol. The number of aromatic nitrogens is 2. The van der Waals surface area contributed by atoms with E-state index >= 15 is 0 Å². The normalized spacial score (nSPS) is 11.0. The van der Waals surface area contributed by atoms with Crippen molar-refractivity contribution in [2.24, 2.45) is 10.2 Å². The highest BCUT2D eigenvalue weighted by molar-refractivity contribution is 6.33. The number of anilines is 1. The molecule has 0 aliphatic rings. The zero-order valence-corrected chi connectivity index (χ0v) is 22.0. The molecule has 0 bridgehead atoms. The molecule has 192 valence electrons. The molecule has 0 saturated heterocycles. The second-order valence-corrected chi connectivity index (χ2v) is 9.31. The Bertz CT molecular complexity index is 1650. The largest absolute Gasteiger partial charge is 0.324 e. The number of rotatable bonds is 7. The first-order chi connectivity index (χ1) is 19.0. The van der Waals surface area contributed by atoms with Crippen molar-refractivity contribution in [1.82, 2.24) is 9.78 Å². The molecule has 0 unspecified atom stereocenters. The van der Waals surface area contributed by atoms with E-state index < -0.39 is 18.2 Å². The quantitative estimate of drug-likeness (QED) is 0.161. The summed E-state index contributed by atoms with van der Waals surface area (Å²) in [6, 6.07) is 32.4. The topological polar surface area (TPSA) is 88.7 Å². The molecule has 7 nitrogen and oxygen atoms in total. The van der Waals surface area contributed by atoms with E-state index in [1.807, 2.05) is 60.7 Å². The lowest BCUT2D eigenvalue weighted by Crippen LogP contribution is -2.22. The second kappa shape index (κ2) is 11.9. The standard InChI is InChI=1S/C30H21Cl2N5O2/c31-22-15-17-23(18-16-22)34-35-29-28(20-9-3-1-4-10-20)36-37(30(29)21-11-5-2-6-12-21)27(39)19-26(38)33-25-14-8-7-13-24(25)32/h1-18H,19H2,(H,33,38). The van der Waals surface area contributed by atoms with E-state index in [2.05, 4.69) is 20.6 Å². The summed E-state index contributed by atoms with van der Waals surface area (Å²) in [5, 5.41) is 17.2. The number of carbonyl (C=O) groups is 2. The Labute approximate surface area is 234 Å². The van der Waals surface area contributed by atoms with Crippen LogP contribution in [0.25, 0.3) is 22.5 Å². The molecule has 5 rings (SSSR count). The predicted octanol–water partition coefficient (Wildman–Crippen LogP) is 8.61. The molecular formula is C30H21Cl2N5O2. The predicted molar refractivity (Wildman–Crippen MR) is 154 cm³/mol. The first-order valence-electron chi connectivity index (χ1n) is 12.0. The third-order valence-electron chi connectivity index (χ3n) is 5.74. The Morgan fingerprint density at radius 1 is 0.744 bits per heavy atom. The van der Waals surface area contributed by atoms with Gasteiger partial charge in [0.25, 0.3) is 5.91 Å². The highest BCUT2D eigenvalue weighted by atomic mass is 35.5. The molecule has 1 amide bonds. The van der Waals surface area contributed by atoms with E-state index in [-0.39, 0.29) is 0 Å². The number of azo groups is 1. The molecule has 4 aromatic carbocycles. The van der Waals surface area contributed by atoms with Crippen LogP contribution < -0.4 is 5.32 Å². The van der Waals surface area contributed by atoms with Crippen molar-refractivity contribution in [3.63, 3.8) is 0 Å². The lowest BCUT2D eigenvalue weighted by atomic mass is 10.1. The van der Waals surface area contributed by atoms with E-state index in [1.54, 1.807) is 48.5 Å².